The van der Waals surface area contributed by atoms with Crippen molar-refractivity contribution >= 4 is 29.9 Å². The monoisotopic (exact) mass is 540 g/mol. The first-order valence-corrected chi connectivity index (χ1v) is 11.1. The van der Waals surface area contributed by atoms with Gasteiger partial charge in [0.25, 0.3) is 0 Å². The summed E-state index contributed by atoms with van der Waals surface area (Å²) in [6.07, 6.45) is 6.72. The van der Waals surface area contributed by atoms with Crippen LogP contribution < -0.4 is 15.4 Å². The van der Waals surface area contributed by atoms with Gasteiger partial charge in [-0.3, -0.25) is 4.99 Å². The predicted molar refractivity (Wildman–Crippen MR) is 136 cm³/mol. The van der Waals surface area contributed by atoms with Crippen LogP contribution >= 0.6 is 24.0 Å². The molecule has 2 aromatic rings. The molecule has 0 saturated heterocycles. The van der Waals surface area contributed by atoms with Crippen molar-refractivity contribution < 1.29 is 4.74 Å². The zero-order valence-electron chi connectivity index (χ0n) is 19.3. The van der Waals surface area contributed by atoms with E-state index in [-0.39, 0.29) is 29.6 Å². The summed E-state index contributed by atoms with van der Waals surface area (Å²) in [5, 5.41) is 15.6. The van der Waals surface area contributed by atoms with Gasteiger partial charge in [-0.05, 0) is 46.1 Å². The van der Waals surface area contributed by atoms with Crippen LogP contribution in [-0.4, -0.2) is 39.9 Å². The minimum Gasteiger partial charge on any atom is -0.488 e. The van der Waals surface area contributed by atoms with Gasteiger partial charge in [0.05, 0.1) is 0 Å². The molecule has 0 aliphatic carbocycles. The number of nitrogens with zero attached hydrogens (tertiary/aromatic N) is 4. The largest absolute Gasteiger partial charge is 0.488 e. The standard InChI is InChI=1S/C23H36N6O.HI/c1-23(2,3)30-19-12-8-7-11-18(19)17-26-22(24-4)25-15-10-14-21-28-27-20-13-6-5-9-16-29(20)21;/h7-8,11-12H,5-6,9-10,13-17H2,1-4H3,(H2,24,25,26);1H. The van der Waals surface area contributed by atoms with Crippen LogP contribution in [0.3, 0.4) is 0 Å². The van der Waals surface area contributed by atoms with Crippen molar-refractivity contribution in [2.45, 2.75) is 78.0 Å². The molecule has 7 nitrogen and oxygen atoms in total. The number of aryl methyl sites for hydroxylation is 2. The van der Waals surface area contributed by atoms with Crippen molar-refractivity contribution in [3.63, 3.8) is 0 Å². The van der Waals surface area contributed by atoms with E-state index in [1.54, 1.807) is 7.05 Å². The third-order valence-corrected chi connectivity index (χ3v) is 5.11. The maximum Gasteiger partial charge on any atom is 0.191 e. The molecule has 1 aliphatic heterocycles. The third-order valence-electron chi connectivity index (χ3n) is 5.11. The number of para-hydroxylation sites is 1. The maximum atomic E-state index is 6.08. The van der Waals surface area contributed by atoms with Crippen LogP contribution in [0.2, 0.25) is 0 Å². The first-order chi connectivity index (χ1) is 14.5. The van der Waals surface area contributed by atoms with E-state index in [0.29, 0.717) is 6.54 Å². The fourth-order valence-electron chi connectivity index (χ4n) is 3.66. The summed E-state index contributed by atoms with van der Waals surface area (Å²) >= 11 is 0. The van der Waals surface area contributed by atoms with Crippen LogP contribution in [0, 0.1) is 0 Å². The molecule has 0 spiro atoms. The quantitative estimate of drug-likeness (QED) is 0.240. The van der Waals surface area contributed by atoms with Crippen LogP contribution in [0.15, 0.2) is 29.3 Å². The van der Waals surface area contributed by atoms with E-state index in [9.17, 15) is 0 Å². The molecule has 31 heavy (non-hydrogen) atoms. The number of fused-ring (bicyclic) bond motifs is 1. The fraction of sp³-hybridized carbons (Fsp3) is 0.609. The number of hydrogen-bond donors (Lipinski definition) is 2. The Kier molecular flexibility index (Phi) is 10.1. The second-order valence-electron chi connectivity index (χ2n) is 8.77. The first kappa shape index (κ1) is 25.4. The number of guanidine groups is 1. The molecule has 0 atom stereocenters. The Morgan fingerprint density at radius 2 is 1.94 bits per heavy atom. The van der Waals surface area contributed by atoms with Gasteiger partial charge in [-0.15, -0.1) is 34.2 Å². The lowest BCUT2D eigenvalue weighted by molar-refractivity contribution is 0.129. The topological polar surface area (TPSA) is 76.4 Å². The summed E-state index contributed by atoms with van der Waals surface area (Å²) in [5.41, 5.74) is 0.886. The summed E-state index contributed by atoms with van der Waals surface area (Å²) < 4.78 is 8.40. The van der Waals surface area contributed by atoms with Gasteiger partial charge in [-0.1, -0.05) is 24.6 Å². The molecule has 0 saturated carbocycles. The van der Waals surface area contributed by atoms with Crippen molar-refractivity contribution in [2.75, 3.05) is 13.6 Å². The number of nitrogens with one attached hydrogen (secondary N) is 2. The maximum absolute atomic E-state index is 6.08. The number of hydrogen-bond acceptors (Lipinski definition) is 4. The number of benzene rings is 1. The fourth-order valence-corrected chi connectivity index (χ4v) is 3.66. The van der Waals surface area contributed by atoms with Crippen LogP contribution in [0.4, 0.5) is 0 Å². The highest BCUT2D eigenvalue weighted by Crippen LogP contribution is 2.22. The van der Waals surface area contributed by atoms with E-state index in [0.717, 1.165) is 61.3 Å². The molecule has 0 amide bonds. The molecule has 0 unspecified atom stereocenters. The Balaban J connectivity index is 0.00000341. The molecule has 3 rings (SSSR count). The molecule has 0 bridgehead atoms. The molecule has 1 aliphatic rings. The summed E-state index contributed by atoms with van der Waals surface area (Å²) in [4.78, 5) is 4.34. The Labute approximate surface area is 203 Å². The highest BCUT2D eigenvalue weighted by Gasteiger charge is 2.15. The van der Waals surface area contributed by atoms with Gasteiger partial charge >= 0.3 is 0 Å². The van der Waals surface area contributed by atoms with Crippen LogP contribution in [0.25, 0.3) is 0 Å². The zero-order chi connectivity index (χ0) is 21.4. The second-order valence-corrected chi connectivity index (χ2v) is 8.77. The molecular formula is C23H37IN6O. The van der Waals surface area contributed by atoms with Crippen LogP contribution in [-0.2, 0) is 25.9 Å². The molecule has 2 N–H and O–H groups in total. The average Bonchev–Trinajstić information content (AvgIpc) is 2.93. The lowest BCUT2D eigenvalue weighted by Crippen LogP contribution is -2.37. The smallest absolute Gasteiger partial charge is 0.191 e. The number of aromatic nitrogens is 3. The molecule has 1 aromatic heterocycles. The van der Waals surface area contributed by atoms with Crippen molar-refractivity contribution in [3.05, 3.63) is 41.5 Å². The third kappa shape index (κ3) is 7.97. The number of aliphatic imine (C=N–C) groups is 1. The Morgan fingerprint density at radius 1 is 1.13 bits per heavy atom. The van der Waals surface area contributed by atoms with E-state index in [1.807, 2.05) is 18.2 Å². The van der Waals surface area contributed by atoms with E-state index in [4.69, 9.17) is 4.74 Å². The Morgan fingerprint density at radius 3 is 2.71 bits per heavy atom. The van der Waals surface area contributed by atoms with Crippen LogP contribution in [0.1, 0.15) is 63.7 Å². The van der Waals surface area contributed by atoms with Gasteiger partial charge in [0, 0.05) is 45.1 Å². The van der Waals surface area contributed by atoms with E-state index < -0.39 is 0 Å². The predicted octanol–water partition coefficient (Wildman–Crippen LogP) is 4.10. The van der Waals surface area contributed by atoms with E-state index in [2.05, 4.69) is 57.2 Å². The van der Waals surface area contributed by atoms with E-state index in [1.165, 1.54) is 19.3 Å². The van der Waals surface area contributed by atoms with E-state index >= 15 is 0 Å². The summed E-state index contributed by atoms with van der Waals surface area (Å²) in [7, 11) is 1.80. The first-order valence-electron chi connectivity index (χ1n) is 11.1. The SMILES string of the molecule is CN=C(NCCCc1nnc2n1CCCCC2)NCc1ccccc1OC(C)(C)C.I. The summed E-state index contributed by atoms with van der Waals surface area (Å²) in [6, 6.07) is 8.13. The molecular weight excluding hydrogens is 503 g/mol. The van der Waals surface area contributed by atoms with Crippen molar-refractivity contribution in [2.24, 2.45) is 4.99 Å². The minimum absolute atomic E-state index is 0. The Hall–Kier alpha value is -1.84. The van der Waals surface area contributed by atoms with Crippen molar-refractivity contribution in [3.8, 4) is 5.75 Å². The number of ether oxygens (including phenoxy) is 1. The van der Waals surface area contributed by atoms with Crippen molar-refractivity contribution in [1.29, 1.82) is 0 Å². The molecule has 0 fully saturated rings. The molecule has 0 radical (unpaired) electrons. The average molecular weight is 540 g/mol. The van der Waals surface area contributed by atoms with Gasteiger partial charge in [-0.25, -0.2) is 0 Å². The summed E-state index contributed by atoms with van der Waals surface area (Å²) in [6.45, 7) is 8.74. The minimum atomic E-state index is -0.226. The highest BCUT2D eigenvalue weighted by atomic mass is 127. The highest BCUT2D eigenvalue weighted by molar-refractivity contribution is 14.0. The number of rotatable bonds is 7. The van der Waals surface area contributed by atoms with Crippen molar-refractivity contribution in [1.82, 2.24) is 25.4 Å². The molecule has 1 aromatic carbocycles. The van der Waals surface area contributed by atoms with Gasteiger partial charge in [-0.2, -0.15) is 0 Å². The van der Waals surface area contributed by atoms with Gasteiger partial charge in [0.1, 0.15) is 23.0 Å². The van der Waals surface area contributed by atoms with Gasteiger partial charge in [0.2, 0.25) is 0 Å². The number of halogens is 1. The second kappa shape index (κ2) is 12.3. The molecule has 8 heteroatoms. The lowest BCUT2D eigenvalue weighted by atomic mass is 10.1. The lowest BCUT2D eigenvalue weighted by Gasteiger charge is -2.23. The zero-order valence-corrected chi connectivity index (χ0v) is 21.6. The normalized spacial score (nSPS) is 14.3. The Bertz CT molecular complexity index is 843. The molecule has 2 heterocycles. The van der Waals surface area contributed by atoms with Gasteiger partial charge in [0.15, 0.2) is 5.96 Å². The molecule has 172 valence electrons. The van der Waals surface area contributed by atoms with Crippen LogP contribution in [0.5, 0.6) is 5.75 Å². The van der Waals surface area contributed by atoms with Gasteiger partial charge < -0.3 is 19.9 Å². The summed E-state index contributed by atoms with van der Waals surface area (Å²) in [5.74, 6) is 3.97.